The minimum Gasteiger partial charge on any atom is -0.465 e. The molecule has 11 heavy (non-hydrogen) atoms. The highest BCUT2D eigenvalue weighted by atomic mass is 35.5. The Labute approximate surface area is 71.9 Å². The molecular weight excluding hydrogens is 164 g/mol. The van der Waals surface area contributed by atoms with Gasteiger partial charge in [-0.3, -0.25) is 4.79 Å². The van der Waals surface area contributed by atoms with Gasteiger partial charge < -0.3 is 4.74 Å². The maximum atomic E-state index is 10.9. The second-order valence-corrected chi connectivity index (χ2v) is 2.33. The molecule has 0 aliphatic carbocycles. The van der Waals surface area contributed by atoms with Crippen molar-refractivity contribution in [3.63, 3.8) is 0 Å². The smallest absolute Gasteiger partial charge is 0.321 e. The van der Waals surface area contributed by atoms with Crippen molar-refractivity contribution >= 4 is 17.6 Å². The third kappa shape index (κ3) is 3.90. The number of alkyl halides is 1. The molecule has 0 N–H and O–H groups in total. The van der Waals surface area contributed by atoms with Gasteiger partial charge in [0.15, 0.2) is 0 Å². The van der Waals surface area contributed by atoms with Crippen LogP contribution in [0.25, 0.3) is 0 Å². The lowest BCUT2D eigenvalue weighted by Gasteiger charge is -2.06. The molecule has 1 atom stereocenters. The van der Waals surface area contributed by atoms with Crippen LogP contribution in [0.2, 0.25) is 0 Å². The average molecular weight is 175 g/mol. The number of hydrogen-bond acceptors (Lipinski definition) is 2. The maximum Gasteiger partial charge on any atom is 0.321 e. The summed E-state index contributed by atoms with van der Waals surface area (Å²) in [7, 11) is 0. The molecule has 0 amide bonds. The minimum absolute atomic E-state index is 0.351. The molecule has 0 aromatic carbocycles. The van der Waals surface area contributed by atoms with E-state index in [0.717, 1.165) is 0 Å². The number of carbonyl (C=O) groups is 1. The quantitative estimate of drug-likeness (QED) is 0.366. The van der Waals surface area contributed by atoms with E-state index in [1.165, 1.54) is 0 Å². The Morgan fingerprint density at radius 1 is 1.82 bits per heavy atom. The summed E-state index contributed by atoms with van der Waals surface area (Å²) in [6.07, 6.45) is 5.56. The first-order valence-corrected chi connectivity index (χ1v) is 3.98. The molecular formula is C8H11ClO2. The first kappa shape index (κ1) is 10.3. The molecule has 0 saturated heterocycles. The molecule has 0 saturated carbocycles. The monoisotopic (exact) mass is 174 g/mol. The van der Waals surface area contributed by atoms with Crippen LogP contribution in [0, 0.1) is 18.3 Å². The van der Waals surface area contributed by atoms with E-state index in [1.54, 1.807) is 6.92 Å². The highest BCUT2D eigenvalue weighted by Crippen LogP contribution is 2.05. The fraction of sp³-hybridized carbons (Fsp3) is 0.625. The first-order chi connectivity index (χ1) is 5.26. The van der Waals surface area contributed by atoms with E-state index in [1.807, 2.05) is 0 Å². The number of esters is 1. The Bertz CT molecular complexity index is 160. The topological polar surface area (TPSA) is 26.3 Å². The Morgan fingerprint density at radius 3 is 2.82 bits per heavy atom. The second kappa shape index (κ2) is 6.06. The summed E-state index contributed by atoms with van der Waals surface area (Å²) in [5.41, 5.74) is 0. The highest BCUT2D eigenvalue weighted by Gasteiger charge is 2.15. The Hall–Kier alpha value is -0.680. The van der Waals surface area contributed by atoms with Crippen molar-refractivity contribution in [3.8, 4) is 12.3 Å². The van der Waals surface area contributed by atoms with Crippen molar-refractivity contribution in [2.75, 3.05) is 12.5 Å². The molecule has 0 rings (SSSR count). The number of hydrogen-bond donors (Lipinski definition) is 0. The highest BCUT2D eigenvalue weighted by molar-refractivity contribution is 6.18. The lowest BCUT2D eigenvalue weighted by Crippen LogP contribution is -2.16. The fourth-order valence-electron chi connectivity index (χ4n) is 0.621. The van der Waals surface area contributed by atoms with Crippen molar-refractivity contribution in [1.29, 1.82) is 0 Å². The largest absolute Gasteiger partial charge is 0.465 e. The summed E-state index contributed by atoms with van der Waals surface area (Å²) in [6.45, 7) is 2.10. The third-order valence-corrected chi connectivity index (χ3v) is 1.39. The summed E-state index contributed by atoms with van der Waals surface area (Å²) >= 11 is 5.42. The Balaban J connectivity index is 3.84. The molecule has 2 nitrogen and oxygen atoms in total. The van der Waals surface area contributed by atoms with E-state index in [4.69, 9.17) is 22.8 Å². The van der Waals surface area contributed by atoms with E-state index < -0.39 is 5.92 Å². The summed E-state index contributed by atoms with van der Waals surface area (Å²) in [5.74, 6) is 1.88. The van der Waals surface area contributed by atoms with Crippen LogP contribution in [0.1, 0.15) is 13.3 Å². The van der Waals surface area contributed by atoms with Crippen molar-refractivity contribution in [2.45, 2.75) is 13.3 Å². The van der Waals surface area contributed by atoms with Crippen LogP contribution in [0.3, 0.4) is 0 Å². The molecule has 0 bridgehead atoms. The minimum atomic E-state index is -0.479. The standard InChI is InChI=1S/C8H11ClO2/c1-3-7(5-6-9)8(10)11-4-2/h1,7H,4-6H2,2H3/t7-/m1/s1. The van der Waals surface area contributed by atoms with Gasteiger partial charge in [0.1, 0.15) is 5.92 Å². The third-order valence-electron chi connectivity index (χ3n) is 1.17. The van der Waals surface area contributed by atoms with Gasteiger partial charge >= 0.3 is 5.97 Å². The lowest BCUT2D eigenvalue weighted by molar-refractivity contribution is -0.145. The van der Waals surface area contributed by atoms with Crippen molar-refractivity contribution in [2.24, 2.45) is 5.92 Å². The number of terminal acetylenes is 1. The molecule has 0 spiro atoms. The van der Waals surface area contributed by atoms with Gasteiger partial charge in [0, 0.05) is 5.88 Å². The van der Waals surface area contributed by atoms with Crippen LogP contribution in [-0.2, 0) is 9.53 Å². The van der Waals surface area contributed by atoms with E-state index in [2.05, 4.69) is 5.92 Å². The molecule has 0 aromatic rings. The zero-order valence-electron chi connectivity index (χ0n) is 6.47. The van der Waals surface area contributed by atoms with Crippen LogP contribution in [0.4, 0.5) is 0 Å². The molecule has 0 heterocycles. The average Bonchev–Trinajstić information content (AvgIpc) is 2.00. The predicted octanol–water partition coefficient (Wildman–Crippen LogP) is 1.43. The van der Waals surface area contributed by atoms with E-state index in [9.17, 15) is 4.79 Å². The van der Waals surface area contributed by atoms with Crippen molar-refractivity contribution < 1.29 is 9.53 Å². The van der Waals surface area contributed by atoms with Crippen molar-refractivity contribution in [1.82, 2.24) is 0 Å². The molecule has 3 heteroatoms. The molecule has 62 valence electrons. The van der Waals surface area contributed by atoms with E-state index in [0.29, 0.717) is 18.9 Å². The number of rotatable bonds is 4. The van der Waals surface area contributed by atoms with Crippen LogP contribution >= 0.6 is 11.6 Å². The van der Waals surface area contributed by atoms with Gasteiger partial charge in [-0.05, 0) is 13.3 Å². The normalized spacial score (nSPS) is 11.7. The predicted molar refractivity (Wildman–Crippen MR) is 44.3 cm³/mol. The zero-order chi connectivity index (χ0) is 8.69. The van der Waals surface area contributed by atoms with Crippen LogP contribution in [0.15, 0.2) is 0 Å². The molecule has 0 aromatic heterocycles. The molecule has 0 unspecified atom stereocenters. The molecule has 0 aliphatic heterocycles. The zero-order valence-corrected chi connectivity index (χ0v) is 7.23. The number of carbonyl (C=O) groups excluding carboxylic acids is 1. The van der Waals surface area contributed by atoms with E-state index >= 15 is 0 Å². The molecule has 0 radical (unpaired) electrons. The van der Waals surface area contributed by atoms with Crippen LogP contribution in [-0.4, -0.2) is 18.5 Å². The van der Waals surface area contributed by atoms with Gasteiger partial charge in [-0.15, -0.1) is 18.0 Å². The Morgan fingerprint density at radius 2 is 2.45 bits per heavy atom. The van der Waals surface area contributed by atoms with Gasteiger partial charge in [0.05, 0.1) is 6.61 Å². The summed E-state index contributed by atoms with van der Waals surface area (Å²) in [4.78, 5) is 10.9. The van der Waals surface area contributed by atoms with E-state index in [-0.39, 0.29) is 5.97 Å². The summed E-state index contributed by atoms with van der Waals surface area (Å²) in [6, 6.07) is 0. The van der Waals surface area contributed by atoms with Crippen molar-refractivity contribution in [3.05, 3.63) is 0 Å². The SMILES string of the molecule is C#C[C@H](CCCl)C(=O)OCC. The lowest BCUT2D eigenvalue weighted by atomic mass is 10.1. The van der Waals surface area contributed by atoms with Gasteiger partial charge in [-0.1, -0.05) is 5.92 Å². The fourth-order valence-corrected chi connectivity index (χ4v) is 0.839. The molecule has 0 aliphatic rings. The van der Waals surface area contributed by atoms with Gasteiger partial charge in [-0.25, -0.2) is 0 Å². The molecule has 0 fully saturated rings. The van der Waals surface area contributed by atoms with Crippen LogP contribution in [0.5, 0.6) is 0 Å². The van der Waals surface area contributed by atoms with Gasteiger partial charge in [0.2, 0.25) is 0 Å². The van der Waals surface area contributed by atoms with Gasteiger partial charge in [-0.2, -0.15) is 0 Å². The van der Waals surface area contributed by atoms with Gasteiger partial charge in [0.25, 0.3) is 0 Å². The number of ether oxygens (including phenoxy) is 1. The maximum absolute atomic E-state index is 10.9. The summed E-state index contributed by atoms with van der Waals surface area (Å²) in [5, 5.41) is 0. The first-order valence-electron chi connectivity index (χ1n) is 3.45. The second-order valence-electron chi connectivity index (χ2n) is 1.95. The summed E-state index contributed by atoms with van der Waals surface area (Å²) < 4.78 is 4.71. The van der Waals surface area contributed by atoms with Crippen LogP contribution < -0.4 is 0 Å². The Kier molecular flexibility index (Phi) is 5.68. The number of halogens is 1.